The molecule has 0 aliphatic rings. The van der Waals surface area contributed by atoms with Crippen LogP contribution in [0.15, 0.2) is 24.3 Å². The van der Waals surface area contributed by atoms with E-state index in [1.807, 2.05) is 25.1 Å². The Morgan fingerprint density at radius 3 is 2.59 bits per heavy atom. The van der Waals surface area contributed by atoms with Gasteiger partial charge in [0.25, 0.3) is 0 Å². The zero-order chi connectivity index (χ0) is 12.4. The van der Waals surface area contributed by atoms with Crippen molar-refractivity contribution in [1.29, 1.82) is 0 Å². The molecule has 0 amide bonds. The first kappa shape index (κ1) is 11.7. The van der Waals surface area contributed by atoms with Crippen molar-refractivity contribution in [2.45, 2.75) is 13.3 Å². The van der Waals surface area contributed by atoms with Crippen LogP contribution in [0.25, 0.3) is 10.8 Å². The highest BCUT2D eigenvalue weighted by molar-refractivity contribution is 5.94. The highest BCUT2D eigenvalue weighted by Crippen LogP contribution is 2.36. The highest BCUT2D eigenvalue weighted by Gasteiger charge is 2.11. The number of phenolic OH excluding ortho intramolecular Hbond substituents is 1. The summed E-state index contributed by atoms with van der Waals surface area (Å²) < 4.78 is 5.32. The lowest BCUT2D eigenvalue weighted by atomic mass is 10.0. The molecule has 0 aliphatic carbocycles. The van der Waals surface area contributed by atoms with Gasteiger partial charge in [-0.15, -0.1) is 0 Å². The molecular weight excluding hydrogens is 216 g/mol. The van der Waals surface area contributed by atoms with Gasteiger partial charge in [0.2, 0.25) is 0 Å². The predicted octanol–water partition coefficient (Wildman–Crippen LogP) is 2.40. The monoisotopic (exact) mass is 232 g/mol. The summed E-state index contributed by atoms with van der Waals surface area (Å²) in [7, 11) is 1.61. The summed E-state index contributed by atoms with van der Waals surface area (Å²) in [6.07, 6.45) is 0.423. The van der Waals surface area contributed by atoms with Crippen LogP contribution in [-0.2, 0) is 6.42 Å². The SMILES string of the molecule is COc1cc(CCO)c(O)c2cc(C)ccc12. The fourth-order valence-electron chi connectivity index (χ4n) is 2.03. The van der Waals surface area contributed by atoms with Crippen LogP contribution in [0.4, 0.5) is 0 Å². The minimum absolute atomic E-state index is 0.00797. The van der Waals surface area contributed by atoms with E-state index in [-0.39, 0.29) is 12.4 Å². The molecule has 0 unspecified atom stereocenters. The molecule has 0 spiro atoms. The second-order valence-corrected chi connectivity index (χ2v) is 4.11. The second-order valence-electron chi connectivity index (χ2n) is 4.11. The van der Waals surface area contributed by atoms with Crippen LogP contribution in [0.2, 0.25) is 0 Å². The Balaban J connectivity index is 2.76. The molecule has 3 heteroatoms. The summed E-state index contributed by atoms with van der Waals surface area (Å²) in [4.78, 5) is 0. The van der Waals surface area contributed by atoms with Crippen LogP contribution < -0.4 is 4.74 Å². The summed E-state index contributed by atoms with van der Waals surface area (Å²) in [5.74, 6) is 0.958. The van der Waals surface area contributed by atoms with E-state index in [0.29, 0.717) is 12.0 Å². The maximum atomic E-state index is 10.2. The summed E-state index contributed by atoms with van der Waals surface area (Å²) in [6, 6.07) is 7.62. The van der Waals surface area contributed by atoms with Crippen LogP contribution >= 0.6 is 0 Å². The standard InChI is InChI=1S/C14H16O3/c1-9-3-4-11-12(7-9)14(16)10(5-6-15)8-13(11)17-2/h3-4,7-8,15-16H,5-6H2,1-2H3. The number of ether oxygens (including phenoxy) is 1. The van der Waals surface area contributed by atoms with E-state index >= 15 is 0 Å². The number of aromatic hydroxyl groups is 1. The van der Waals surface area contributed by atoms with Crippen molar-refractivity contribution in [2.75, 3.05) is 13.7 Å². The van der Waals surface area contributed by atoms with Crippen molar-refractivity contribution in [3.63, 3.8) is 0 Å². The number of rotatable bonds is 3. The molecule has 90 valence electrons. The third kappa shape index (κ3) is 2.06. The summed E-state index contributed by atoms with van der Waals surface area (Å²) in [5.41, 5.74) is 1.79. The van der Waals surface area contributed by atoms with Crippen molar-refractivity contribution in [1.82, 2.24) is 0 Å². The van der Waals surface area contributed by atoms with Gasteiger partial charge in [-0.2, -0.15) is 0 Å². The lowest BCUT2D eigenvalue weighted by Gasteiger charge is -2.12. The third-order valence-electron chi connectivity index (χ3n) is 2.91. The van der Waals surface area contributed by atoms with Gasteiger partial charge < -0.3 is 14.9 Å². The van der Waals surface area contributed by atoms with Crippen molar-refractivity contribution in [2.24, 2.45) is 0 Å². The Bertz CT molecular complexity index is 547. The van der Waals surface area contributed by atoms with E-state index in [4.69, 9.17) is 9.84 Å². The number of aliphatic hydroxyl groups is 1. The maximum Gasteiger partial charge on any atom is 0.127 e. The van der Waals surface area contributed by atoms with E-state index < -0.39 is 0 Å². The van der Waals surface area contributed by atoms with Gasteiger partial charge in [-0.1, -0.05) is 17.7 Å². The molecule has 0 fully saturated rings. The van der Waals surface area contributed by atoms with E-state index in [0.717, 1.165) is 22.1 Å². The minimum Gasteiger partial charge on any atom is -0.507 e. The normalized spacial score (nSPS) is 10.8. The zero-order valence-corrected chi connectivity index (χ0v) is 10.0. The first-order valence-electron chi connectivity index (χ1n) is 5.57. The van der Waals surface area contributed by atoms with E-state index in [1.165, 1.54) is 0 Å². The van der Waals surface area contributed by atoms with Crippen LogP contribution in [0.3, 0.4) is 0 Å². The number of aliphatic hydroxyl groups excluding tert-OH is 1. The number of benzene rings is 2. The molecule has 0 saturated carbocycles. The summed E-state index contributed by atoms with van der Waals surface area (Å²) >= 11 is 0. The van der Waals surface area contributed by atoms with Gasteiger partial charge in [-0.05, 0) is 25.5 Å². The number of hydrogen-bond donors (Lipinski definition) is 2. The molecule has 0 saturated heterocycles. The van der Waals surface area contributed by atoms with E-state index in [1.54, 1.807) is 13.2 Å². The molecule has 0 bridgehead atoms. The molecule has 0 atom stereocenters. The van der Waals surface area contributed by atoms with Crippen LogP contribution in [0.5, 0.6) is 11.5 Å². The van der Waals surface area contributed by atoms with Crippen LogP contribution in [0.1, 0.15) is 11.1 Å². The Kier molecular flexibility index (Phi) is 3.20. The number of fused-ring (bicyclic) bond motifs is 1. The van der Waals surface area contributed by atoms with Gasteiger partial charge in [-0.3, -0.25) is 0 Å². The summed E-state index contributed by atoms with van der Waals surface area (Å²) in [5, 5.41) is 20.8. The fraction of sp³-hybridized carbons (Fsp3) is 0.286. The zero-order valence-electron chi connectivity index (χ0n) is 10.0. The summed E-state index contributed by atoms with van der Waals surface area (Å²) in [6.45, 7) is 1.98. The van der Waals surface area contributed by atoms with Crippen LogP contribution in [-0.4, -0.2) is 23.9 Å². The maximum absolute atomic E-state index is 10.2. The van der Waals surface area contributed by atoms with Gasteiger partial charge in [-0.25, -0.2) is 0 Å². The van der Waals surface area contributed by atoms with Crippen molar-refractivity contribution < 1.29 is 14.9 Å². The average Bonchev–Trinajstić information content (AvgIpc) is 2.33. The number of hydrogen-bond acceptors (Lipinski definition) is 3. The second kappa shape index (κ2) is 4.63. The predicted molar refractivity (Wildman–Crippen MR) is 67.7 cm³/mol. The van der Waals surface area contributed by atoms with Gasteiger partial charge in [0.05, 0.1) is 7.11 Å². The van der Waals surface area contributed by atoms with Crippen molar-refractivity contribution >= 4 is 10.8 Å². The number of methoxy groups -OCH3 is 1. The molecule has 2 aromatic rings. The third-order valence-corrected chi connectivity index (χ3v) is 2.91. The van der Waals surface area contributed by atoms with Crippen molar-refractivity contribution in [3.8, 4) is 11.5 Å². The van der Waals surface area contributed by atoms with Gasteiger partial charge in [0.1, 0.15) is 11.5 Å². The lowest BCUT2D eigenvalue weighted by Crippen LogP contribution is -1.95. The quantitative estimate of drug-likeness (QED) is 0.854. The topological polar surface area (TPSA) is 49.7 Å². The highest BCUT2D eigenvalue weighted by atomic mass is 16.5. The largest absolute Gasteiger partial charge is 0.507 e. The molecule has 2 rings (SSSR count). The Morgan fingerprint density at radius 2 is 1.94 bits per heavy atom. The van der Waals surface area contributed by atoms with Crippen LogP contribution in [0, 0.1) is 6.92 Å². The Labute approximate surface area is 100 Å². The molecule has 0 aliphatic heterocycles. The molecule has 0 aromatic heterocycles. The fourth-order valence-corrected chi connectivity index (χ4v) is 2.03. The molecule has 0 radical (unpaired) electrons. The Hall–Kier alpha value is -1.74. The average molecular weight is 232 g/mol. The number of phenols is 1. The smallest absolute Gasteiger partial charge is 0.127 e. The Morgan fingerprint density at radius 1 is 1.18 bits per heavy atom. The van der Waals surface area contributed by atoms with Gasteiger partial charge in [0, 0.05) is 22.9 Å². The molecule has 3 nitrogen and oxygen atoms in total. The number of aryl methyl sites for hydroxylation is 1. The molecule has 0 heterocycles. The first-order chi connectivity index (χ1) is 8.17. The lowest BCUT2D eigenvalue weighted by molar-refractivity contribution is 0.297. The van der Waals surface area contributed by atoms with E-state index in [9.17, 15) is 5.11 Å². The molecular formula is C14H16O3. The van der Waals surface area contributed by atoms with Gasteiger partial charge in [0.15, 0.2) is 0 Å². The molecule has 2 N–H and O–H groups in total. The molecule has 17 heavy (non-hydrogen) atoms. The first-order valence-corrected chi connectivity index (χ1v) is 5.57. The van der Waals surface area contributed by atoms with E-state index in [2.05, 4.69) is 0 Å². The van der Waals surface area contributed by atoms with Crippen molar-refractivity contribution in [3.05, 3.63) is 35.4 Å². The minimum atomic E-state index is 0.00797. The molecule has 2 aromatic carbocycles. The van der Waals surface area contributed by atoms with Gasteiger partial charge >= 0.3 is 0 Å².